The number of rotatable bonds is 4. The first-order valence-corrected chi connectivity index (χ1v) is 5.37. The predicted octanol–water partition coefficient (Wildman–Crippen LogP) is 2.17. The zero-order valence-corrected chi connectivity index (χ0v) is 10.2. The first-order valence-electron chi connectivity index (χ1n) is 4.57. The van der Waals surface area contributed by atoms with Crippen molar-refractivity contribution in [3.05, 3.63) is 34.3 Å². The van der Waals surface area contributed by atoms with Crippen molar-refractivity contribution in [2.75, 3.05) is 0 Å². The van der Waals surface area contributed by atoms with Crippen molar-refractivity contribution in [1.82, 2.24) is 0 Å². The second kappa shape index (κ2) is 4.65. The van der Waals surface area contributed by atoms with Gasteiger partial charge in [0.1, 0.15) is 0 Å². The van der Waals surface area contributed by atoms with E-state index in [2.05, 4.69) is 15.9 Å². The van der Waals surface area contributed by atoms with Gasteiger partial charge in [0.25, 0.3) is 0 Å². The quantitative estimate of drug-likeness (QED) is 0.832. The third-order valence-corrected chi connectivity index (χ3v) is 2.94. The summed E-state index contributed by atoms with van der Waals surface area (Å²) in [7, 11) is 0. The standard InChI is InChI=1S/C11H11BrO4/c1-11(9(13)14,10(15)16)6-7-2-4-8(12)5-3-7/h2-5H,6H2,1H3,(H,13,14)(H,15,16). The van der Waals surface area contributed by atoms with Crippen LogP contribution in [0.3, 0.4) is 0 Å². The molecule has 0 heterocycles. The minimum absolute atomic E-state index is 0.0368. The summed E-state index contributed by atoms with van der Waals surface area (Å²) in [5, 5.41) is 17.9. The van der Waals surface area contributed by atoms with Gasteiger partial charge in [0.15, 0.2) is 5.41 Å². The molecular formula is C11H11BrO4. The van der Waals surface area contributed by atoms with Crippen LogP contribution in [-0.4, -0.2) is 22.2 Å². The number of carboxylic acid groups (broad SMARTS) is 2. The Bertz CT molecular complexity index is 396. The van der Waals surface area contributed by atoms with Crippen LogP contribution in [0.25, 0.3) is 0 Å². The maximum atomic E-state index is 10.9. The van der Waals surface area contributed by atoms with Gasteiger partial charge in [-0.1, -0.05) is 28.1 Å². The monoisotopic (exact) mass is 286 g/mol. The maximum absolute atomic E-state index is 10.9. The molecule has 5 heteroatoms. The Morgan fingerprint density at radius 2 is 1.62 bits per heavy atom. The molecular weight excluding hydrogens is 276 g/mol. The lowest BCUT2D eigenvalue weighted by atomic mass is 9.84. The van der Waals surface area contributed by atoms with Gasteiger partial charge in [0.05, 0.1) is 0 Å². The van der Waals surface area contributed by atoms with Gasteiger partial charge in [-0.2, -0.15) is 0 Å². The van der Waals surface area contributed by atoms with Crippen molar-refractivity contribution in [2.24, 2.45) is 5.41 Å². The minimum Gasteiger partial charge on any atom is -0.480 e. The highest BCUT2D eigenvalue weighted by atomic mass is 79.9. The highest BCUT2D eigenvalue weighted by Gasteiger charge is 2.41. The Morgan fingerprint density at radius 1 is 1.19 bits per heavy atom. The second-order valence-electron chi connectivity index (χ2n) is 3.75. The van der Waals surface area contributed by atoms with Crippen LogP contribution in [0.15, 0.2) is 28.7 Å². The third-order valence-electron chi connectivity index (χ3n) is 2.41. The van der Waals surface area contributed by atoms with Gasteiger partial charge in [0, 0.05) is 4.47 Å². The molecule has 0 unspecified atom stereocenters. The number of benzene rings is 1. The lowest BCUT2D eigenvalue weighted by Crippen LogP contribution is -2.38. The van der Waals surface area contributed by atoms with Crippen LogP contribution in [-0.2, 0) is 16.0 Å². The smallest absolute Gasteiger partial charge is 0.321 e. The molecule has 0 amide bonds. The Labute approximate surface area is 101 Å². The average Bonchev–Trinajstić information content (AvgIpc) is 2.20. The molecule has 0 aromatic heterocycles. The van der Waals surface area contributed by atoms with Crippen molar-refractivity contribution in [2.45, 2.75) is 13.3 Å². The molecule has 0 radical (unpaired) electrons. The normalized spacial score (nSPS) is 11.1. The van der Waals surface area contributed by atoms with Gasteiger partial charge in [-0.25, -0.2) is 0 Å². The van der Waals surface area contributed by atoms with E-state index in [4.69, 9.17) is 10.2 Å². The van der Waals surface area contributed by atoms with Crippen LogP contribution in [0, 0.1) is 5.41 Å². The first kappa shape index (κ1) is 12.7. The predicted molar refractivity (Wildman–Crippen MR) is 61.2 cm³/mol. The van der Waals surface area contributed by atoms with Crippen LogP contribution < -0.4 is 0 Å². The summed E-state index contributed by atoms with van der Waals surface area (Å²) in [5.74, 6) is -2.66. The van der Waals surface area contributed by atoms with Crippen LogP contribution in [0.1, 0.15) is 12.5 Å². The van der Waals surface area contributed by atoms with Crippen molar-refractivity contribution < 1.29 is 19.8 Å². The fourth-order valence-corrected chi connectivity index (χ4v) is 1.52. The van der Waals surface area contributed by atoms with Gasteiger partial charge in [-0.15, -0.1) is 0 Å². The Hall–Kier alpha value is -1.36. The topological polar surface area (TPSA) is 74.6 Å². The van der Waals surface area contributed by atoms with Crippen molar-refractivity contribution in [3.63, 3.8) is 0 Å². The van der Waals surface area contributed by atoms with Crippen molar-refractivity contribution in [1.29, 1.82) is 0 Å². The fourth-order valence-electron chi connectivity index (χ4n) is 1.25. The van der Waals surface area contributed by atoms with E-state index in [1.807, 2.05) is 0 Å². The van der Waals surface area contributed by atoms with Crippen LogP contribution in [0.5, 0.6) is 0 Å². The lowest BCUT2D eigenvalue weighted by molar-refractivity contribution is -0.163. The van der Waals surface area contributed by atoms with Gasteiger partial charge in [-0.3, -0.25) is 9.59 Å². The van der Waals surface area contributed by atoms with Crippen LogP contribution >= 0.6 is 15.9 Å². The third kappa shape index (κ3) is 2.61. The van der Waals surface area contributed by atoms with E-state index < -0.39 is 17.4 Å². The van der Waals surface area contributed by atoms with E-state index in [1.165, 1.54) is 6.92 Å². The number of halogens is 1. The SMILES string of the molecule is CC(Cc1ccc(Br)cc1)(C(=O)O)C(=O)O. The van der Waals surface area contributed by atoms with E-state index in [-0.39, 0.29) is 6.42 Å². The molecule has 1 aromatic rings. The van der Waals surface area contributed by atoms with E-state index in [0.717, 1.165) is 4.47 Å². The Morgan fingerprint density at radius 3 is 2.00 bits per heavy atom. The van der Waals surface area contributed by atoms with E-state index >= 15 is 0 Å². The van der Waals surface area contributed by atoms with E-state index in [9.17, 15) is 9.59 Å². The summed E-state index contributed by atoms with van der Waals surface area (Å²) in [6.07, 6.45) is -0.0368. The molecule has 0 saturated carbocycles. The molecule has 0 bridgehead atoms. The molecule has 0 aliphatic heterocycles. The second-order valence-corrected chi connectivity index (χ2v) is 4.66. The van der Waals surface area contributed by atoms with Gasteiger partial charge < -0.3 is 10.2 Å². The molecule has 0 atom stereocenters. The zero-order valence-electron chi connectivity index (χ0n) is 8.61. The average molecular weight is 287 g/mol. The highest BCUT2D eigenvalue weighted by Crippen LogP contribution is 2.24. The molecule has 16 heavy (non-hydrogen) atoms. The molecule has 86 valence electrons. The summed E-state index contributed by atoms with van der Waals surface area (Å²) < 4.78 is 0.864. The number of hydrogen-bond donors (Lipinski definition) is 2. The molecule has 0 aliphatic carbocycles. The molecule has 0 saturated heterocycles. The van der Waals surface area contributed by atoms with E-state index in [1.54, 1.807) is 24.3 Å². The van der Waals surface area contributed by atoms with Crippen molar-refractivity contribution in [3.8, 4) is 0 Å². The summed E-state index contributed by atoms with van der Waals surface area (Å²) in [6.45, 7) is 1.21. The summed E-state index contributed by atoms with van der Waals surface area (Å²) >= 11 is 3.25. The van der Waals surface area contributed by atoms with Gasteiger partial charge in [0.2, 0.25) is 0 Å². The largest absolute Gasteiger partial charge is 0.480 e. The zero-order chi connectivity index (χ0) is 12.3. The summed E-state index contributed by atoms with van der Waals surface area (Å²) in [6, 6.07) is 6.90. The summed E-state index contributed by atoms with van der Waals surface area (Å²) in [4.78, 5) is 21.9. The Kier molecular flexibility index (Phi) is 3.70. The summed E-state index contributed by atoms with van der Waals surface area (Å²) in [5.41, 5.74) is -1.11. The molecule has 0 fully saturated rings. The van der Waals surface area contributed by atoms with E-state index in [0.29, 0.717) is 5.56 Å². The highest BCUT2D eigenvalue weighted by molar-refractivity contribution is 9.10. The molecule has 4 nitrogen and oxygen atoms in total. The molecule has 1 aromatic carbocycles. The first-order chi connectivity index (χ1) is 7.36. The lowest BCUT2D eigenvalue weighted by Gasteiger charge is -2.19. The number of aliphatic carboxylic acids is 2. The van der Waals surface area contributed by atoms with Crippen LogP contribution in [0.4, 0.5) is 0 Å². The number of hydrogen-bond acceptors (Lipinski definition) is 2. The number of carboxylic acids is 2. The number of carbonyl (C=O) groups is 2. The molecule has 0 spiro atoms. The van der Waals surface area contributed by atoms with Crippen molar-refractivity contribution >= 4 is 27.9 Å². The molecule has 1 rings (SSSR count). The van der Waals surface area contributed by atoms with Crippen LogP contribution in [0.2, 0.25) is 0 Å². The maximum Gasteiger partial charge on any atom is 0.321 e. The minimum atomic E-state index is -1.78. The van der Waals surface area contributed by atoms with Gasteiger partial charge >= 0.3 is 11.9 Å². The fraction of sp³-hybridized carbons (Fsp3) is 0.273. The van der Waals surface area contributed by atoms with Gasteiger partial charge in [-0.05, 0) is 31.0 Å². The molecule has 2 N–H and O–H groups in total. The molecule has 0 aliphatic rings. The Balaban J connectivity index is 2.97.